The molecule has 6 nitrogen and oxygen atoms in total. The van der Waals surface area contributed by atoms with Gasteiger partial charge in [-0.25, -0.2) is 4.98 Å². The number of anilines is 1. The fourth-order valence-electron chi connectivity index (χ4n) is 2.05. The molecule has 0 bridgehead atoms. The Morgan fingerprint density at radius 3 is 2.67 bits per heavy atom. The normalized spacial score (nSPS) is 10.6. The Morgan fingerprint density at radius 2 is 2.00 bits per heavy atom. The number of aromatic nitrogens is 3. The molecular formula is C15H14N4O2. The molecule has 0 radical (unpaired) electrons. The van der Waals surface area contributed by atoms with E-state index in [-0.39, 0.29) is 11.7 Å². The minimum atomic E-state index is -0.354. The molecule has 0 fully saturated rings. The van der Waals surface area contributed by atoms with E-state index >= 15 is 0 Å². The summed E-state index contributed by atoms with van der Waals surface area (Å²) >= 11 is 0. The van der Waals surface area contributed by atoms with Crippen molar-refractivity contribution in [2.45, 2.75) is 6.92 Å². The molecule has 0 unspecified atom stereocenters. The first-order valence-electron chi connectivity index (χ1n) is 6.47. The smallest absolute Gasteiger partial charge is 0.295 e. The number of nitrogens with zero attached hydrogens (tertiary/aromatic N) is 3. The van der Waals surface area contributed by atoms with Gasteiger partial charge in [0.15, 0.2) is 0 Å². The summed E-state index contributed by atoms with van der Waals surface area (Å²) in [4.78, 5) is 16.7. The number of nitrogens with one attached hydrogen (secondary N) is 1. The quantitative estimate of drug-likeness (QED) is 0.801. The fourth-order valence-corrected chi connectivity index (χ4v) is 2.05. The van der Waals surface area contributed by atoms with Crippen LogP contribution in [0.15, 0.2) is 47.1 Å². The highest BCUT2D eigenvalue weighted by Gasteiger charge is 2.18. The highest BCUT2D eigenvalue weighted by atomic mass is 16.5. The molecule has 3 aromatic rings. The number of carbonyl (C=O) groups is 1. The Balaban J connectivity index is 2.00. The van der Waals surface area contributed by atoms with Crippen molar-refractivity contribution in [1.29, 1.82) is 0 Å². The second-order valence-corrected chi connectivity index (χ2v) is 4.61. The number of hydrogen-bond acceptors (Lipinski definition) is 4. The predicted octanol–water partition coefficient (Wildman–Crippen LogP) is 2.64. The molecular weight excluding hydrogens is 268 g/mol. The van der Waals surface area contributed by atoms with E-state index in [2.05, 4.69) is 15.5 Å². The van der Waals surface area contributed by atoms with Crippen molar-refractivity contribution in [3.63, 3.8) is 0 Å². The number of rotatable bonds is 3. The standard InChI is InChI=1S/C15H14N4O2/c1-10-17-13(11-6-4-3-5-7-11)14(19(10)2)18-15(20)12-8-9-16-21-12/h3-9H,1-2H3,(H,18,20). The summed E-state index contributed by atoms with van der Waals surface area (Å²) in [6, 6.07) is 11.2. The van der Waals surface area contributed by atoms with Crippen molar-refractivity contribution in [2.75, 3.05) is 5.32 Å². The van der Waals surface area contributed by atoms with E-state index in [9.17, 15) is 4.79 Å². The van der Waals surface area contributed by atoms with Crippen molar-refractivity contribution in [1.82, 2.24) is 14.7 Å². The van der Waals surface area contributed by atoms with Crippen LogP contribution in [-0.2, 0) is 7.05 Å². The molecule has 1 aromatic carbocycles. The van der Waals surface area contributed by atoms with Gasteiger partial charge in [0.2, 0.25) is 5.76 Å². The van der Waals surface area contributed by atoms with E-state index in [1.54, 1.807) is 0 Å². The van der Waals surface area contributed by atoms with Gasteiger partial charge in [0, 0.05) is 18.7 Å². The Bertz CT molecular complexity index is 761. The number of amides is 1. The lowest BCUT2D eigenvalue weighted by atomic mass is 10.1. The van der Waals surface area contributed by atoms with Gasteiger partial charge in [0.05, 0.1) is 6.20 Å². The van der Waals surface area contributed by atoms with Crippen LogP contribution in [0.25, 0.3) is 11.3 Å². The first-order chi connectivity index (χ1) is 10.2. The molecule has 1 amide bonds. The third-order valence-corrected chi connectivity index (χ3v) is 3.26. The highest BCUT2D eigenvalue weighted by Crippen LogP contribution is 2.28. The zero-order valence-corrected chi connectivity index (χ0v) is 11.7. The lowest BCUT2D eigenvalue weighted by Crippen LogP contribution is -2.14. The fraction of sp³-hybridized carbons (Fsp3) is 0.133. The molecule has 2 heterocycles. The first kappa shape index (κ1) is 13.1. The summed E-state index contributed by atoms with van der Waals surface area (Å²) in [5.41, 5.74) is 1.66. The topological polar surface area (TPSA) is 73.0 Å². The maximum atomic E-state index is 12.1. The molecule has 2 aromatic heterocycles. The van der Waals surface area contributed by atoms with Gasteiger partial charge >= 0.3 is 0 Å². The molecule has 1 N–H and O–H groups in total. The van der Waals surface area contributed by atoms with Crippen molar-refractivity contribution in [2.24, 2.45) is 7.05 Å². The first-order valence-corrected chi connectivity index (χ1v) is 6.47. The van der Waals surface area contributed by atoms with E-state index in [0.29, 0.717) is 5.82 Å². The number of benzene rings is 1. The average molecular weight is 282 g/mol. The van der Waals surface area contributed by atoms with Crippen LogP contribution in [0, 0.1) is 6.92 Å². The van der Waals surface area contributed by atoms with Crippen molar-refractivity contribution in [3.8, 4) is 11.3 Å². The minimum Gasteiger partial charge on any atom is -0.351 e. The van der Waals surface area contributed by atoms with Crippen molar-refractivity contribution in [3.05, 3.63) is 54.2 Å². The second kappa shape index (κ2) is 5.24. The Morgan fingerprint density at radius 1 is 1.24 bits per heavy atom. The van der Waals surface area contributed by atoms with Crippen LogP contribution < -0.4 is 5.32 Å². The highest BCUT2D eigenvalue weighted by molar-refractivity contribution is 6.03. The summed E-state index contributed by atoms with van der Waals surface area (Å²) in [5.74, 6) is 1.24. The van der Waals surface area contributed by atoms with E-state index in [1.807, 2.05) is 48.9 Å². The molecule has 21 heavy (non-hydrogen) atoms. The van der Waals surface area contributed by atoms with E-state index in [0.717, 1.165) is 17.1 Å². The van der Waals surface area contributed by atoms with Crippen LogP contribution in [0.1, 0.15) is 16.4 Å². The molecule has 0 spiro atoms. The molecule has 0 aliphatic carbocycles. The van der Waals surface area contributed by atoms with Gasteiger partial charge in [0.25, 0.3) is 5.91 Å². The summed E-state index contributed by atoms with van der Waals surface area (Å²) in [6.07, 6.45) is 1.43. The minimum absolute atomic E-state index is 0.160. The van der Waals surface area contributed by atoms with Crippen LogP contribution in [0.4, 0.5) is 5.82 Å². The molecule has 0 atom stereocenters. The van der Waals surface area contributed by atoms with Crippen LogP contribution >= 0.6 is 0 Å². The van der Waals surface area contributed by atoms with Gasteiger partial charge < -0.3 is 14.4 Å². The van der Waals surface area contributed by atoms with Crippen LogP contribution in [-0.4, -0.2) is 20.6 Å². The molecule has 6 heteroatoms. The molecule has 0 saturated heterocycles. The molecule has 106 valence electrons. The zero-order valence-electron chi connectivity index (χ0n) is 11.7. The van der Waals surface area contributed by atoms with Crippen molar-refractivity contribution >= 4 is 11.7 Å². The predicted molar refractivity (Wildman–Crippen MR) is 77.8 cm³/mol. The van der Waals surface area contributed by atoms with Gasteiger partial charge in [-0.1, -0.05) is 35.5 Å². The van der Waals surface area contributed by atoms with Crippen LogP contribution in [0.5, 0.6) is 0 Å². The molecule has 3 rings (SSSR count). The third kappa shape index (κ3) is 2.43. The zero-order chi connectivity index (χ0) is 14.8. The molecule has 0 aliphatic rings. The van der Waals surface area contributed by atoms with Gasteiger partial charge in [-0.05, 0) is 6.92 Å². The van der Waals surface area contributed by atoms with Crippen LogP contribution in [0.2, 0.25) is 0 Å². The maximum absolute atomic E-state index is 12.1. The number of aryl methyl sites for hydroxylation is 1. The summed E-state index contributed by atoms with van der Waals surface area (Å²) in [5, 5.41) is 6.36. The second-order valence-electron chi connectivity index (χ2n) is 4.61. The van der Waals surface area contributed by atoms with E-state index < -0.39 is 0 Å². The monoisotopic (exact) mass is 282 g/mol. The Hall–Kier alpha value is -2.89. The van der Waals surface area contributed by atoms with Gasteiger partial charge in [0.1, 0.15) is 17.3 Å². The SMILES string of the molecule is Cc1nc(-c2ccccc2)c(NC(=O)c2ccno2)n1C. The largest absolute Gasteiger partial charge is 0.351 e. The van der Waals surface area contributed by atoms with E-state index in [1.165, 1.54) is 12.3 Å². The lowest BCUT2D eigenvalue weighted by molar-refractivity contribution is 0.0987. The van der Waals surface area contributed by atoms with Gasteiger partial charge in [-0.3, -0.25) is 4.79 Å². The van der Waals surface area contributed by atoms with Crippen LogP contribution in [0.3, 0.4) is 0 Å². The Kier molecular flexibility index (Phi) is 3.27. The number of imidazole rings is 1. The summed E-state index contributed by atoms with van der Waals surface area (Å²) in [7, 11) is 1.85. The van der Waals surface area contributed by atoms with Gasteiger partial charge in [-0.15, -0.1) is 0 Å². The van der Waals surface area contributed by atoms with E-state index in [4.69, 9.17) is 4.52 Å². The average Bonchev–Trinajstić information content (AvgIpc) is 3.12. The lowest BCUT2D eigenvalue weighted by Gasteiger charge is -2.07. The number of hydrogen-bond donors (Lipinski definition) is 1. The maximum Gasteiger partial charge on any atom is 0.295 e. The van der Waals surface area contributed by atoms with Crippen molar-refractivity contribution < 1.29 is 9.32 Å². The molecule has 0 aliphatic heterocycles. The summed E-state index contributed by atoms with van der Waals surface area (Å²) < 4.78 is 6.70. The Labute approximate surface area is 121 Å². The number of carbonyl (C=O) groups excluding carboxylic acids is 1. The molecule has 0 saturated carbocycles. The van der Waals surface area contributed by atoms with Gasteiger partial charge in [-0.2, -0.15) is 0 Å². The summed E-state index contributed by atoms with van der Waals surface area (Å²) in [6.45, 7) is 1.89. The third-order valence-electron chi connectivity index (χ3n) is 3.26.